The van der Waals surface area contributed by atoms with Gasteiger partial charge in [0.2, 0.25) is 0 Å². The highest BCUT2D eigenvalue weighted by atomic mass is 79.9. The summed E-state index contributed by atoms with van der Waals surface area (Å²) < 4.78 is 1.19. The van der Waals surface area contributed by atoms with Crippen LogP contribution in [0.25, 0.3) is 5.65 Å². The van der Waals surface area contributed by atoms with Crippen molar-refractivity contribution < 1.29 is 0 Å². The van der Waals surface area contributed by atoms with Crippen LogP contribution >= 0.6 is 27.5 Å². The normalized spacial score (nSPS) is 12.3. The maximum atomic E-state index is 6.02. The lowest BCUT2D eigenvalue weighted by molar-refractivity contribution is 0.750. The van der Waals surface area contributed by atoms with Gasteiger partial charge in [-0.2, -0.15) is 0 Å². The summed E-state index contributed by atoms with van der Waals surface area (Å²) in [5.74, 6) is 0. The third kappa shape index (κ3) is 1.62. The van der Waals surface area contributed by atoms with E-state index in [1.165, 1.54) is 11.0 Å². The van der Waals surface area contributed by atoms with Crippen LogP contribution in [0.3, 0.4) is 0 Å². The van der Waals surface area contributed by atoms with Crippen molar-refractivity contribution in [1.29, 1.82) is 0 Å². The zero-order valence-corrected chi connectivity index (χ0v) is 10.0. The first-order valence-corrected chi connectivity index (χ1v) is 5.21. The molecule has 0 aliphatic carbocycles. The fourth-order valence-electron chi connectivity index (χ4n) is 1.16. The summed E-state index contributed by atoms with van der Waals surface area (Å²) in [4.78, 5) is 4.04. The first-order chi connectivity index (χ1) is 6.48. The van der Waals surface area contributed by atoms with Crippen LogP contribution in [0.15, 0.2) is 12.4 Å². The van der Waals surface area contributed by atoms with E-state index < -0.39 is 0 Å². The van der Waals surface area contributed by atoms with Gasteiger partial charge < -0.3 is 0 Å². The Kier molecular flexibility index (Phi) is 2.23. The molecule has 0 unspecified atom stereocenters. The number of aromatic nitrogens is 4. The molecule has 0 aromatic carbocycles. The van der Waals surface area contributed by atoms with Gasteiger partial charge in [-0.05, 0) is 19.9 Å². The number of alkyl halides is 1. The fraction of sp³-hybridized carbons (Fsp3) is 0.375. The Morgan fingerprint density at radius 2 is 2.21 bits per heavy atom. The molecule has 0 N–H and O–H groups in total. The third-order valence-electron chi connectivity index (χ3n) is 1.87. The predicted octanol–water partition coefficient (Wildman–Crippen LogP) is 2.41. The average Bonchev–Trinajstić information content (AvgIpc) is 2.47. The van der Waals surface area contributed by atoms with Gasteiger partial charge in [-0.15, -0.1) is 14.8 Å². The second-order valence-electron chi connectivity index (χ2n) is 3.43. The Morgan fingerprint density at radius 3 is 2.86 bits per heavy atom. The molecule has 0 bridgehead atoms. The second-order valence-corrected chi connectivity index (χ2v) is 5.77. The van der Waals surface area contributed by atoms with Crippen LogP contribution in [0.4, 0.5) is 0 Å². The van der Waals surface area contributed by atoms with Crippen molar-refractivity contribution in [3.05, 3.63) is 23.1 Å². The van der Waals surface area contributed by atoms with Crippen LogP contribution in [0.2, 0.25) is 5.15 Å². The van der Waals surface area contributed by atoms with E-state index in [9.17, 15) is 0 Å². The van der Waals surface area contributed by atoms with Gasteiger partial charge in [-0.25, -0.2) is 4.98 Å². The SMILES string of the molecule is CC(C)(Br)c1cc2ncnn2nc1Cl. The molecule has 0 fully saturated rings. The Balaban J connectivity index is 2.71. The molecule has 0 aliphatic heterocycles. The second kappa shape index (κ2) is 3.17. The lowest BCUT2D eigenvalue weighted by Crippen LogP contribution is -2.10. The molecule has 0 spiro atoms. The van der Waals surface area contributed by atoms with E-state index in [0.29, 0.717) is 10.8 Å². The van der Waals surface area contributed by atoms with Gasteiger partial charge in [-0.3, -0.25) is 0 Å². The zero-order chi connectivity index (χ0) is 10.3. The van der Waals surface area contributed by atoms with Crippen molar-refractivity contribution in [3.63, 3.8) is 0 Å². The maximum absolute atomic E-state index is 6.02. The minimum Gasteiger partial charge on any atom is -0.213 e. The number of rotatable bonds is 1. The standard InChI is InChI=1S/C8H8BrClN4/c1-8(2,9)5-3-6-11-4-12-14(6)13-7(5)10/h3-4H,1-2H3. The van der Waals surface area contributed by atoms with Crippen molar-refractivity contribution in [1.82, 2.24) is 19.8 Å². The highest BCUT2D eigenvalue weighted by Gasteiger charge is 2.21. The molecule has 2 aromatic rings. The highest BCUT2D eigenvalue weighted by molar-refractivity contribution is 9.09. The van der Waals surface area contributed by atoms with Gasteiger partial charge in [0.15, 0.2) is 10.8 Å². The molecule has 2 aromatic heterocycles. The third-order valence-corrected chi connectivity index (χ3v) is 2.58. The molecule has 74 valence electrons. The summed E-state index contributed by atoms with van der Waals surface area (Å²) in [5.41, 5.74) is 1.59. The Morgan fingerprint density at radius 1 is 1.50 bits per heavy atom. The minimum absolute atomic E-state index is 0.217. The lowest BCUT2D eigenvalue weighted by atomic mass is 10.1. The van der Waals surface area contributed by atoms with Gasteiger partial charge >= 0.3 is 0 Å². The monoisotopic (exact) mass is 274 g/mol. The average molecular weight is 276 g/mol. The number of hydrogen-bond acceptors (Lipinski definition) is 3. The Bertz CT molecular complexity index is 474. The zero-order valence-electron chi connectivity index (χ0n) is 7.70. The van der Waals surface area contributed by atoms with Gasteiger partial charge in [0.1, 0.15) is 6.33 Å². The summed E-state index contributed by atoms with van der Waals surface area (Å²) in [6.07, 6.45) is 1.45. The fourth-order valence-corrected chi connectivity index (χ4v) is 1.94. The minimum atomic E-state index is -0.217. The molecule has 4 nitrogen and oxygen atoms in total. The predicted molar refractivity (Wildman–Crippen MR) is 57.7 cm³/mol. The molecule has 0 aliphatic rings. The lowest BCUT2D eigenvalue weighted by Gasteiger charge is -2.17. The van der Waals surface area contributed by atoms with Crippen molar-refractivity contribution in [2.75, 3.05) is 0 Å². The van der Waals surface area contributed by atoms with Gasteiger partial charge in [0.25, 0.3) is 0 Å². The molecular weight excluding hydrogens is 267 g/mol. The number of fused-ring (bicyclic) bond motifs is 1. The first kappa shape index (κ1) is 9.86. The van der Waals surface area contributed by atoms with Crippen LogP contribution in [0.5, 0.6) is 0 Å². The molecule has 14 heavy (non-hydrogen) atoms. The summed E-state index contributed by atoms with van der Waals surface area (Å²) >= 11 is 9.54. The van der Waals surface area contributed by atoms with E-state index >= 15 is 0 Å². The molecular formula is C8H8BrClN4. The van der Waals surface area contributed by atoms with Crippen LogP contribution in [0.1, 0.15) is 19.4 Å². The van der Waals surface area contributed by atoms with Crippen molar-refractivity contribution in [2.45, 2.75) is 18.2 Å². The smallest absolute Gasteiger partial charge is 0.176 e. The highest BCUT2D eigenvalue weighted by Crippen LogP contribution is 2.34. The van der Waals surface area contributed by atoms with E-state index in [2.05, 4.69) is 31.1 Å². The number of hydrogen-bond donors (Lipinski definition) is 0. The maximum Gasteiger partial charge on any atom is 0.176 e. The largest absolute Gasteiger partial charge is 0.213 e. The molecule has 6 heteroatoms. The van der Waals surface area contributed by atoms with Crippen molar-refractivity contribution >= 4 is 33.2 Å². The van der Waals surface area contributed by atoms with Crippen LogP contribution in [-0.2, 0) is 4.32 Å². The first-order valence-electron chi connectivity index (χ1n) is 4.04. The van der Waals surface area contributed by atoms with Crippen molar-refractivity contribution in [2.24, 2.45) is 0 Å². The summed E-state index contributed by atoms with van der Waals surface area (Å²) in [6.45, 7) is 4.01. The molecule has 0 atom stereocenters. The van der Waals surface area contributed by atoms with Crippen LogP contribution in [0, 0.1) is 0 Å². The van der Waals surface area contributed by atoms with Gasteiger partial charge in [0.05, 0.1) is 0 Å². The molecule has 0 amide bonds. The van der Waals surface area contributed by atoms with E-state index in [1.54, 1.807) is 0 Å². The van der Waals surface area contributed by atoms with Gasteiger partial charge in [0, 0.05) is 9.89 Å². The van der Waals surface area contributed by atoms with E-state index in [-0.39, 0.29) is 4.32 Å². The number of nitrogens with zero attached hydrogens (tertiary/aromatic N) is 4. The molecule has 0 saturated heterocycles. The Hall–Kier alpha value is -0.680. The molecule has 2 rings (SSSR count). The quantitative estimate of drug-likeness (QED) is 0.751. The van der Waals surface area contributed by atoms with E-state index in [1.807, 2.05) is 19.9 Å². The molecule has 0 saturated carbocycles. The van der Waals surface area contributed by atoms with E-state index in [4.69, 9.17) is 11.6 Å². The molecule has 0 radical (unpaired) electrons. The van der Waals surface area contributed by atoms with E-state index in [0.717, 1.165) is 5.56 Å². The number of halogens is 2. The van der Waals surface area contributed by atoms with Crippen LogP contribution in [-0.4, -0.2) is 19.8 Å². The Labute approximate surface area is 94.4 Å². The summed E-state index contributed by atoms with van der Waals surface area (Å²) in [7, 11) is 0. The topological polar surface area (TPSA) is 43.1 Å². The van der Waals surface area contributed by atoms with Crippen molar-refractivity contribution in [3.8, 4) is 0 Å². The van der Waals surface area contributed by atoms with Crippen LogP contribution < -0.4 is 0 Å². The molecule has 2 heterocycles. The van der Waals surface area contributed by atoms with Gasteiger partial charge in [-0.1, -0.05) is 27.5 Å². The summed E-state index contributed by atoms with van der Waals surface area (Å²) in [6, 6.07) is 1.87. The summed E-state index contributed by atoms with van der Waals surface area (Å²) in [5, 5.41) is 8.41.